The van der Waals surface area contributed by atoms with Gasteiger partial charge in [0.05, 0.1) is 24.0 Å². The van der Waals surface area contributed by atoms with Crippen molar-refractivity contribution in [2.24, 2.45) is 5.92 Å². The molecule has 2 saturated heterocycles. The first-order chi connectivity index (χ1) is 20.0. The van der Waals surface area contributed by atoms with Crippen LogP contribution in [0.2, 0.25) is 0 Å². The van der Waals surface area contributed by atoms with E-state index in [1.54, 1.807) is 4.90 Å². The molecule has 4 heterocycles. The molecule has 9 heteroatoms. The standard InChI is InChI=1S/C32H35N7O2/c1-3-28(40)39-13-12-38(18-23(39)9-10-33)31-30-27(35-32(36-31)41-19-24-7-5-11-37(24)2)16-22(17-34-30)25-8-4-6-20-14-21-15-26(21)29(20)25/h3-4,6,8,16-17,21,23-24,26H,1,5,7,9,11-15,18-19H2,2H3/t21?,23-,24?,26?/m0/s1. The Hall–Kier alpha value is -4.03. The quantitative estimate of drug-likeness (QED) is 0.409. The summed E-state index contributed by atoms with van der Waals surface area (Å²) in [7, 11) is 2.13. The van der Waals surface area contributed by atoms with Crippen molar-refractivity contribution in [2.75, 3.05) is 44.7 Å². The second-order valence-corrected chi connectivity index (χ2v) is 11.9. The highest BCUT2D eigenvalue weighted by molar-refractivity contribution is 5.90. The van der Waals surface area contributed by atoms with Crippen molar-refractivity contribution in [1.29, 1.82) is 5.26 Å². The van der Waals surface area contributed by atoms with Gasteiger partial charge in [-0.25, -0.2) is 0 Å². The average Bonchev–Trinajstić information content (AvgIpc) is 3.47. The molecule has 3 aromatic rings. The minimum Gasteiger partial charge on any atom is -0.462 e. The molecule has 0 N–H and O–H groups in total. The summed E-state index contributed by atoms with van der Waals surface area (Å²) < 4.78 is 6.25. The van der Waals surface area contributed by atoms with Gasteiger partial charge in [-0.05, 0) is 79.9 Å². The van der Waals surface area contributed by atoms with Gasteiger partial charge < -0.3 is 19.4 Å². The lowest BCUT2D eigenvalue weighted by Crippen LogP contribution is -2.55. The molecule has 0 bridgehead atoms. The number of pyridine rings is 1. The molecule has 9 nitrogen and oxygen atoms in total. The van der Waals surface area contributed by atoms with E-state index in [0.29, 0.717) is 55.5 Å². The van der Waals surface area contributed by atoms with Crippen LogP contribution >= 0.6 is 0 Å². The molecule has 2 aromatic heterocycles. The molecule has 1 saturated carbocycles. The Bertz CT molecular complexity index is 1570. The number of benzene rings is 1. The van der Waals surface area contributed by atoms with E-state index in [-0.39, 0.29) is 18.4 Å². The van der Waals surface area contributed by atoms with Gasteiger partial charge in [0, 0.05) is 37.4 Å². The van der Waals surface area contributed by atoms with E-state index in [1.165, 1.54) is 42.0 Å². The third-order valence-electron chi connectivity index (χ3n) is 9.42. The molecular formula is C32H35N7O2. The van der Waals surface area contributed by atoms with Crippen LogP contribution in [0.15, 0.2) is 43.1 Å². The van der Waals surface area contributed by atoms with Gasteiger partial charge in [-0.2, -0.15) is 15.2 Å². The maximum absolute atomic E-state index is 12.5. The fourth-order valence-electron chi connectivity index (χ4n) is 7.10. The fraction of sp³-hybridized carbons (Fsp3) is 0.469. The molecule has 7 rings (SSSR count). The first kappa shape index (κ1) is 25.9. The van der Waals surface area contributed by atoms with Crippen LogP contribution < -0.4 is 9.64 Å². The SMILES string of the molecule is C=CC(=O)N1CCN(c2nc(OCC3CCCN3C)nc3cc(-c4cccc5c4C4CC4C5)cnc23)C[C@@H]1CC#N. The number of hydrogen-bond acceptors (Lipinski definition) is 8. The van der Waals surface area contributed by atoms with Crippen LogP contribution in [0.3, 0.4) is 0 Å². The summed E-state index contributed by atoms with van der Waals surface area (Å²) in [5.74, 6) is 2.01. The molecular weight excluding hydrogens is 514 g/mol. The van der Waals surface area contributed by atoms with Crippen LogP contribution in [0, 0.1) is 17.2 Å². The maximum Gasteiger partial charge on any atom is 0.319 e. The van der Waals surface area contributed by atoms with Gasteiger partial charge in [0.1, 0.15) is 12.1 Å². The van der Waals surface area contributed by atoms with Crippen molar-refractivity contribution in [3.05, 3.63) is 54.2 Å². The second-order valence-electron chi connectivity index (χ2n) is 11.9. The third-order valence-corrected chi connectivity index (χ3v) is 9.42. The number of carbonyl (C=O) groups excluding carboxylic acids is 1. The highest BCUT2D eigenvalue weighted by atomic mass is 16.5. The van der Waals surface area contributed by atoms with Gasteiger partial charge in [-0.1, -0.05) is 24.8 Å². The van der Waals surface area contributed by atoms with Crippen molar-refractivity contribution in [3.8, 4) is 23.2 Å². The smallest absolute Gasteiger partial charge is 0.319 e. The number of piperazine rings is 1. The van der Waals surface area contributed by atoms with Crippen molar-refractivity contribution >= 4 is 22.8 Å². The van der Waals surface area contributed by atoms with Gasteiger partial charge in [0.15, 0.2) is 5.82 Å². The minimum absolute atomic E-state index is 0.154. The van der Waals surface area contributed by atoms with Crippen molar-refractivity contribution in [3.63, 3.8) is 0 Å². The largest absolute Gasteiger partial charge is 0.462 e. The number of likely N-dealkylation sites (N-methyl/N-ethyl adjacent to an activating group) is 1. The van der Waals surface area contributed by atoms with E-state index >= 15 is 0 Å². The van der Waals surface area contributed by atoms with Crippen molar-refractivity contribution in [1.82, 2.24) is 24.8 Å². The zero-order valence-corrected chi connectivity index (χ0v) is 23.5. The molecule has 4 atom stereocenters. The number of rotatable bonds is 7. The number of nitrogens with zero attached hydrogens (tertiary/aromatic N) is 7. The summed E-state index contributed by atoms with van der Waals surface area (Å²) in [5.41, 5.74) is 6.71. The number of carbonyl (C=O) groups is 1. The molecule has 1 aromatic carbocycles. The van der Waals surface area contributed by atoms with Crippen molar-refractivity contribution in [2.45, 2.75) is 50.1 Å². The monoisotopic (exact) mass is 549 g/mol. The predicted molar refractivity (Wildman–Crippen MR) is 157 cm³/mol. The summed E-state index contributed by atoms with van der Waals surface area (Å²) >= 11 is 0. The first-order valence-electron chi connectivity index (χ1n) is 14.7. The summed E-state index contributed by atoms with van der Waals surface area (Å²) in [6.45, 7) is 6.76. The van der Waals surface area contributed by atoms with Gasteiger partial charge in [0.2, 0.25) is 5.91 Å². The molecule has 2 aliphatic carbocycles. The Balaban J connectivity index is 1.26. The number of anilines is 1. The molecule has 4 aliphatic rings. The molecule has 0 spiro atoms. The van der Waals surface area contributed by atoms with E-state index in [2.05, 4.69) is 53.8 Å². The van der Waals surface area contributed by atoms with Crippen LogP contribution in [-0.4, -0.2) is 82.6 Å². The first-order valence-corrected chi connectivity index (χ1v) is 14.7. The summed E-state index contributed by atoms with van der Waals surface area (Å²) in [4.78, 5) is 33.4. The van der Waals surface area contributed by atoms with Crippen LogP contribution in [-0.2, 0) is 11.2 Å². The Labute approximate surface area is 240 Å². The predicted octanol–water partition coefficient (Wildman–Crippen LogP) is 3.94. The summed E-state index contributed by atoms with van der Waals surface area (Å²) in [6, 6.07) is 11.4. The lowest BCUT2D eigenvalue weighted by atomic mass is 9.95. The maximum atomic E-state index is 12.5. The number of fused-ring (bicyclic) bond motifs is 4. The van der Waals surface area contributed by atoms with E-state index in [4.69, 9.17) is 19.7 Å². The van der Waals surface area contributed by atoms with Gasteiger partial charge in [-0.3, -0.25) is 9.78 Å². The van der Waals surface area contributed by atoms with Crippen molar-refractivity contribution < 1.29 is 9.53 Å². The Morgan fingerprint density at radius 2 is 2.15 bits per heavy atom. The Morgan fingerprint density at radius 1 is 1.24 bits per heavy atom. The number of likely N-dealkylation sites (tertiary alicyclic amines) is 1. The number of amides is 1. The van der Waals surface area contributed by atoms with Crippen LogP contribution in [0.1, 0.15) is 42.7 Å². The number of aromatic nitrogens is 3. The van der Waals surface area contributed by atoms with Crippen LogP contribution in [0.5, 0.6) is 6.01 Å². The zero-order chi connectivity index (χ0) is 28.1. The molecule has 0 radical (unpaired) electrons. The Kier molecular flexibility index (Phi) is 6.58. The van der Waals surface area contributed by atoms with Crippen LogP contribution in [0.25, 0.3) is 22.2 Å². The van der Waals surface area contributed by atoms with E-state index in [9.17, 15) is 10.1 Å². The topological polar surface area (TPSA) is 98.5 Å². The molecule has 210 valence electrons. The van der Waals surface area contributed by atoms with Gasteiger partial charge in [-0.15, -0.1) is 0 Å². The van der Waals surface area contributed by atoms with E-state index in [0.717, 1.165) is 30.0 Å². The zero-order valence-electron chi connectivity index (χ0n) is 23.5. The summed E-state index contributed by atoms with van der Waals surface area (Å²) in [6.07, 6.45) is 8.22. The van der Waals surface area contributed by atoms with Gasteiger partial charge in [0.25, 0.3) is 0 Å². The summed E-state index contributed by atoms with van der Waals surface area (Å²) in [5, 5.41) is 9.49. The highest BCUT2D eigenvalue weighted by Crippen LogP contribution is 2.58. The molecule has 3 fully saturated rings. The average molecular weight is 550 g/mol. The number of hydrogen-bond donors (Lipinski definition) is 0. The van der Waals surface area contributed by atoms with Crippen LogP contribution in [0.4, 0.5) is 5.82 Å². The van der Waals surface area contributed by atoms with Gasteiger partial charge >= 0.3 is 6.01 Å². The Morgan fingerprint density at radius 3 is 2.95 bits per heavy atom. The van der Waals surface area contributed by atoms with E-state index in [1.807, 2.05) is 6.20 Å². The molecule has 1 amide bonds. The number of ether oxygens (including phenoxy) is 1. The number of nitriles is 1. The highest BCUT2D eigenvalue weighted by Gasteiger charge is 2.46. The molecule has 2 aliphatic heterocycles. The third kappa shape index (κ3) is 4.70. The molecule has 3 unspecified atom stereocenters. The molecule has 41 heavy (non-hydrogen) atoms. The minimum atomic E-state index is -0.265. The van der Waals surface area contributed by atoms with E-state index < -0.39 is 0 Å². The normalized spacial score (nSPS) is 25.1. The lowest BCUT2D eigenvalue weighted by Gasteiger charge is -2.40. The second kappa shape index (κ2) is 10.4. The fourth-order valence-corrected chi connectivity index (χ4v) is 7.10. The lowest BCUT2D eigenvalue weighted by molar-refractivity contribution is -0.128.